The van der Waals surface area contributed by atoms with Crippen LogP contribution in [0.5, 0.6) is 0 Å². The molecule has 0 bridgehead atoms. The molecule has 0 atom stereocenters. The number of ether oxygens (including phenoxy) is 1. The summed E-state index contributed by atoms with van der Waals surface area (Å²) in [6.45, 7) is 2.74. The number of nitrogens with one attached hydrogen (secondary N) is 1. The molecule has 2 aromatic rings. The van der Waals surface area contributed by atoms with Crippen LogP contribution in [0.3, 0.4) is 0 Å². The van der Waals surface area contributed by atoms with E-state index in [0.717, 1.165) is 5.56 Å². The zero-order valence-electron chi connectivity index (χ0n) is 13.5. The predicted octanol–water partition coefficient (Wildman–Crippen LogP) is 2.81. The Morgan fingerprint density at radius 1 is 1.16 bits per heavy atom. The third kappa shape index (κ3) is 3.95. The van der Waals surface area contributed by atoms with Crippen molar-refractivity contribution in [1.82, 2.24) is 0 Å². The molecule has 2 aromatic carbocycles. The standard InChI is InChI=1S/C17H17ClN2O4S/c1-12-2-3-13(18)10-16(12)19-25(22,23)15-6-4-14(5-7-15)20-8-9-24-11-17(20)21/h2-7,10,19H,8-9,11H2,1H3. The minimum Gasteiger partial charge on any atom is -0.370 e. The second-order valence-corrected chi connectivity index (χ2v) is 7.78. The minimum atomic E-state index is -3.75. The van der Waals surface area contributed by atoms with Crippen LogP contribution in [-0.4, -0.2) is 34.1 Å². The zero-order valence-corrected chi connectivity index (χ0v) is 15.1. The van der Waals surface area contributed by atoms with Gasteiger partial charge in [0.05, 0.1) is 17.2 Å². The van der Waals surface area contributed by atoms with Crippen LogP contribution in [-0.2, 0) is 19.6 Å². The van der Waals surface area contributed by atoms with Gasteiger partial charge in [0.15, 0.2) is 0 Å². The Labute approximate surface area is 151 Å². The highest BCUT2D eigenvalue weighted by molar-refractivity contribution is 7.92. The van der Waals surface area contributed by atoms with Gasteiger partial charge in [-0.3, -0.25) is 9.52 Å². The van der Waals surface area contributed by atoms with Crippen molar-refractivity contribution in [3.05, 3.63) is 53.1 Å². The van der Waals surface area contributed by atoms with E-state index in [0.29, 0.717) is 29.5 Å². The van der Waals surface area contributed by atoms with Crippen LogP contribution >= 0.6 is 11.6 Å². The van der Waals surface area contributed by atoms with Crippen molar-refractivity contribution in [2.24, 2.45) is 0 Å². The van der Waals surface area contributed by atoms with E-state index in [1.807, 2.05) is 0 Å². The number of sulfonamides is 1. The van der Waals surface area contributed by atoms with Crippen LogP contribution in [0.25, 0.3) is 0 Å². The molecule has 6 nitrogen and oxygen atoms in total. The van der Waals surface area contributed by atoms with Crippen molar-refractivity contribution in [2.45, 2.75) is 11.8 Å². The summed E-state index contributed by atoms with van der Waals surface area (Å²) in [5, 5.41) is 0.449. The smallest absolute Gasteiger partial charge is 0.261 e. The second kappa shape index (κ2) is 7.03. The van der Waals surface area contributed by atoms with Gasteiger partial charge in [0.25, 0.3) is 15.9 Å². The summed E-state index contributed by atoms with van der Waals surface area (Å²) in [4.78, 5) is 13.5. The van der Waals surface area contributed by atoms with E-state index in [4.69, 9.17) is 16.3 Å². The van der Waals surface area contributed by atoms with Crippen molar-refractivity contribution in [2.75, 3.05) is 29.4 Å². The lowest BCUT2D eigenvalue weighted by Crippen LogP contribution is -2.41. The first kappa shape index (κ1) is 17.7. The highest BCUT2D eigenvalue weighted by atomic mass is 35.5. The van der Waals surface area contributed by atoms with Gasteiger partial charge in [0.2, 0.25) is 0 Å². The highest BCUT2D eigenvalue weighted by Crippen LogP contribution is 2.25. The van der Waals surface area contributed by atoms with Crippen LogP contribution < -0.4 is 9.62 Å². The van der Waals surface area contributed by atoms with Gasteiger partial charge in [-0.25, -0.2) is 8.42 Å². The van der Waals surface area contributed by atoms with Gasteiger partial charge in [0, 0.05) is 17.3 Å². The first-order chi connectivity index (χ1) is 11.9. The Bertz CT molecular complexity index is 897. The molecule has 0 unspecified atom stereocenters. The number of hydrogen-bond donors (Lipinski definition) is 1. The number of carbonyl (C=O) groups is 1. The lowest BCUT2D eigenvalue weighted by Gasteiger charge is -2.26. The number of carbonyl (C=O) groups excluding carboxylic acids is 1. The molecule has 0 aromatic heterocycles. The van der Waals surface area contributed by atoms with E-state index >= 15 is 0 Å². The van der Waals surface area contributed by atoms with Crippen LogP contribution in [0.1, 0.15) is 5.56 Å². The average molecular weight is 381 g/mol. The Morgan fingerprint density at radius 3 is 2.56 bits per heavy atom. The molecule has 25 heavy (non-hydrogen) atoms. The normalized spacial score (nSPS) is 15.3. The summed E-state index contributed by atoms with van der Waals surface area (Å²) in [5.41, 5.74) is 1.84. The first-order valence-electron chi connectivity index (χ1n) is 7.64. The van der Waals surface area contributed by atoms with Gasteiger partial charge in [-0.1, -0.05) is 17.7 Å². The van der Waals surface area contributed by atoms with E-state index in [1.54, 1.807) is 42.2 Å². The zero-order chi connectivity index (χ0) is 18.0. The summed E-state index contributed by atoms with van der Waals surface area (Å²) in [6.07, 6.45) is 0. The Balaban J connectivity index is 1.83. The molecule has 0 aliphatic carbocycles. The molecule has 1 aliphatic heterocycles. The maximum absolute atomic E-state index is 12.6. The number of aryl methyl sites for hydroxylation is 1. The van der Waals surface area contributed by atoms with Gasteiger partial charge in [-0.15, -0.1) is 0 Å². The fraction of sp³-hybridized carbons (Fsp3) is 0.235. The number of rotatable bonds is 4. The summed E-state index contributed by atoms with van der Waals surface area (Å²) < 4.78 is 32.8. The molecule has 1 saturated heterocycles. The number of halogens is 1. The quantitative estimate of drug-likeness (QED) is 0.884. The lowest BCUT2D eigenvalue weighted by molar-refractivity contribution is -0.125. The van der Waals surface area contributed by atoms with Gasteiger partial charge < -0.3 is 9.64 Å². The van der Waals surface area contributed by atoms with E-state index < -0.39 is 10.0 Å². The van der Waals surface area contributed by atoms with E-state index in [-0.39, 0.29) is 17.4 Å². The molecule has 132 valence electrons. The topological polar surface area (TPSA) is 75.7 Å². The molecule has 8 heteroatoms. The highest BCUT2D eigenvalue weighted by Gasteiger charge is 2.21. The van der Waals surface area contributed by atoms with Crippen molar-refractivity contribution >= 4 is 38.9 Å². The number of anilines is 2. The monoisotopic (exact) mass is 380 g/mol. The molecule has 1 heterocycles. The number of nitrogens with zero attached hydrogens (tertiary/aromatic N) is 1. The number of benzene rings is 2. The predicted molar refractivity (Wildman–Crippen MR) is 96.6 cm³/mol. The fourth-order valence-corrected chi connectivity index (χ4v) is 3.80. The van der Waals surface area contributed by atoms with Crippen LogP contribution in [0, 0.1) is 6.92 Å². The van der Waals surface area contributed by atoms with Crippen LogP contribution in [0.2, 0.25) is 5.02 Å². The Hall–Kier alpha value is -2.09. The molecule has 1 fully saturated rings. The number of hydrogen-bond acceptors (Lipinski definition) is 4. The Morgan fingerprint density at radius 2 is 1.88 bits per heavy atom. The molecule has 0 radical (unpaired) electrons. The third-order valence-electron chi connectivity index (χ3n) is 3.89. The van der Waals surface area contributed by atoms with Crippen molar-refractivity contribution in [1.29, 1.82) is 0 Å². The van der Waals surface area contributed by atoms with E-state index in [1.165, 1.54) is 12.1 Å². The summed E-state index contributed by atoms with van der Waals surface area (Å²) in [6, 6.07) is 11.2. The lowest BCUT2D eigenvalue weighted by atomic mass is 10.2. The van der Waals surface area contributed by atoms with Gasteiger partial charge in [-0.2, -0.15) is 0 Å². The maximum atomic E-state index is 12.6. The Kier molecular flexibility index (Phi) is 4.99. The first-order valence-corrected chi connectivity index (χ1v) is 9.50. The number of amides is 1. The molecule has 1 aliphatic rings. The molecule has 0 spiro atoms. The second-order valence-electron chi connectivity index (χ2n) is 5.66. The van der Waals surface area contributed by atoms with Crippen molar-refractivity contribution in [3.8, 4) is 0 Å². The van der Waals surface area contributed by atoms with E-state index in [9.17, 15) is 13.2 Å². The average Bonchev–Trinajstić information content (AvgIpc) is 2.58. The SMILES string of the molecule is Cc1ccc(Cl)cc1NS(=O)(=O)c1ccc(N2CCOCC2=O)cc1. The molecule has 3 rings (SSSR count). The molecule has 0 saturated carbocycles. The maximum Gasteiger partial charge on any atom is 0.261 e. The van der Waals surface area contributed by atoms with Crippen molar-refractivity contribution < 1.29 is 17.9 Å². The van der Waals surface area contributed by atoms with Crippen molar-refractivity contribution in [3.63, 3.8) is 0 Å². The molecular formula is C17H17ClN2O4S. The largest absolute Gasteiger partial charge is 0.370 e. The summed E-state index contributed by atoms with van der Waals surface area (Å²) in [7, 11) is -3.75. The minimum absolute atomic E-state index is 0.0374. The summed E-state index contributed by atoms with van der Waals surface area (Å²) in [5.74, 6) is -0.144. The van der Waals surface area contributed by atoms with Crippen LogP contribution in [0.4, 0.5) is 11.4 Å². The van der Waals surface area contributed by atoms with Crippen LogP contribution in [0.15, 0.2) is 47.4 Å². The third-order valence-corrected chi connectivity index (χ3v) is 5.50. The van der Waals surface area contributed by atoms with Gasteiger partial charge >= 0.3 is 0 Å². The summed E-state index contributed by atoms with van der Waals surface area (Å²) >= 11 is 5.93. The number of morpholine rings is 1. The van der Waals surface area contributed by atoms with Gasteiger partial charge in [-0.05, 0) is 48.9 Å². The molecular weight excluding hydrogens is 364 g/mol. The molecule has 1 amide bonds. The molecule has 1 N–H and O–H groups in total. The van der Waals surface area contributed by atoms with E-state index in [2.05, 4.69) is 4.72 Å². The fourth-order valence-electron chi connectivity index (χ4n) is 2.50. The van der Waals surface area contributed by atoms with Gasteiger partial charge in [0.1, 0.15) is 6.61 Å².